The van der Waals surface area contributed by atoms with Crippen molar-refractivity contribution in [2.75, 3.05) is 0 Å². The van der Waals surface area contributed by atoms with Gasteiger partial charge in [0.05, 0.1) is 5.56 Å². The van der Waals surface area contributed by atoms with Gasteiger partial charge in [-0.2, -0.15) is 0 Å². The van der Waals surface area contributed by atoms with Crippen LogP contribution in [0.5, 0.6) is 0 Å². The van der Waals surface area contributed by atoms with Gasteiger partial charge in [0.2, 0.25) is 5.78 Å². The van der Waals surface area contributed by atoms with Gasteiger partial charge in [-0.3, -0.25) is 4.79 Å². The number of rotatable bonds is 6. The number of carbonyl (C=O) groups excluding carboxylic acids is 1. The normalized spacial score (nSPS) is 12.3. The van der Waals surface area contributed by atoms with Gasteiger partial charge in [-0.15, -0.1) is 0 Å². The average Bonchev–Trinajstić information content (AvgIpc) is 3.26. The van der Waals surface area contributed by atoms with E-state index in [2.05, 4.69) is 14.5 Å². The Balaban J connectivity index is 1.89. The number of para-hydroxylation sites is 1. The summed E-state index contributed by atoms with van der Waals surface area (Å²) >= 11 is 5.96. The third kappa shape index (κ3) is 3.34. The summed E-state index contributed by atoms with van der Waals surface area (Å²) in [5.41, 5.74) is 1.70. The number of halogens is 1. The van der Waals surface area contributed by atoms with Crippen molar-refractivity contribution in [3.05, 3.63) is 77.5 Å². The number of aromatic nitrogens is 3. The van der Waals surface area contributed by atoms with Crippen LogP contribution in [0.25, 0.3) is 10.9 Å². The first kappa shape index (κ1) is 16.3. The Kier molecular flexibility index (Phi) is 4.96. The Bertz CT molecular complexity index is 904. The molecule has 0 saturated carbocycles. The second-order valence-corrected chi connectivity index (χ2v) is 5.82. The number of allylic oxidation sites excluding steroid dienone is 4. The van der Waals surface area contributed by atoms with Gasteiger partial charge in [0.15, 0.2) is 5.82 Å². The molecule has 0 bridgehead atoms. The number of hydrogen-bond donors (Lipinski definition) is 1. The van der Waals surface area contributed by atoms with Crippen LogP contribution >= 0.6 is 11.6 Å². The third-order valence-corrected chi connectivity index (χ3v) is 4.18. The van der Waals surface area contributed by atoms with E-state index in [1.165, 1.54) is 0 Å². The molecule has 5 heteroatoms. The number of nitrogens with zero attached hydrogens (tertiary/aromatic N) is 2. The fourth-order valence-electron chi connectivity index (χ4n) is 2.64. The molecule has 0 saturated heterocycles. The molecule has 0 aliphatic carbocycles. The molecule has 2 heterocycles. The van der Waals surface area contributed by atoms with Crippen LogP contribution in [-0.4, -0.2) is 20.3 Å². The Hall–Kier alpha value is -2.59. The maximum absolute atomic E-state index is 12.6. The molecule has 122 valence electrons. The molecule has 4 nitrogen and oxygen atoms in total. The highest BCUT2D eigenvalue weighted by Crippen LogP contribution is 2.23. The second kappa shape index (κ2) is 7.32. The van der Waals surface area contributed by atoms with E-state index >= 15 is 0 Å². The highest BCUT2D eigenvalue weighted by atomic mass is 35.5. The van der Waals surface area contributed by atoms with Crippen molar-refractivity contribution in [3.63, 3.8) is 0 Å². The van der Waals surface area contributed by atoms with Crippen molar-refractivity contribution in [2.45, 2.75) is 19.9 Å². The van der Waals surface area contributed by atoms with Gasteiger partial charge in [0.25, 0.3) is 0 Å². The SMILES string of the molecule is C/C=C(Cl)\C=C/CCn1cc(C(=O)c2ncc[nH]2)c2ccccc21. The topological polar surface area (TPSA) is 50.7 Å². The zero-order valence-electron chi connectivity index (χ0n) is 13.4. The average molecular weight is 340 g/mol. The number of carbonyl (C=O) groups is 1. The minimum absolute atomic E-state index is 0.0950. The van der Waals surface area contributed by atoms with E-state index < -0.39 is 0 Å². The number of H-pyrrole nitrogens is 1. The minimum atomic E-state index is -0.0950. The van der Waals surface area contributed by atoms with Gasteiger partial charge >= 0.3 is 0 Å². The van der Waals surface area contributed by atoms with Crippen molar-refractivity contribution in [1.29, 1.82) is 0 Å². The van der Waals surface area contributed by atoms with Crippen LogP contribution < -0.4 is 0 Å². The first-order valence-electron chi connectivity index (χ1n) is 7.81. The van der Waals surface area contributed by atoms with Crippen LogP contribution in [0.4, 0.5) is 0 Å². The smallest absolute Gasteiger partial charge is 0.230 e. The summed E-state index contributed by atoms with van der Waals surface area (Å²) in [5.74, 6) is 0.264. The quantitative estimate of drug-likeness (QED) is 0.523. The molecule has 24 heavy (non-hydrogen) atoms. The second-order valence-electron chi connectivity index (χ2n) is 5.38. The number of aryl methyl sites for hydroxylation is 1. The van der Waals surface area contributed by atoms with Crippen molar-refractivity contribution in [1.82, 2.24) is 14.5 Å². The summed E-state index contributed by atoms with van der Waals surface area (Å²) in [6.45, 7) is 2.68. The summed E-state index contributed by atoms with van der Waals surface area (Å²) in [5, 5.41) is 1.66. The highest BCUT2D eigenvalue weighted by molar-refractivity contribution is 6.31. The zero-order chi connectivity index (χ0) is 16.9. The molecule has 1 N–H and O–H groups in total. The molecule has 0 radical (unpaired) electrons. The van der Waals surface area contributed by atoms with Gasteiger partial charge < -0.3 is 9.55 Å². The van der Waals surface area contributed by atoms with Crippen molar-refractivity contribution < 1.29 is 4.79 Å². The van der Waals surface area contributed by atoms with E-state index in [1.807, 2.05) is 55.6 Å². The molecule has 0 aliphatic heterocycles. The summed E-state index contributed by atoms with van der Waals surface area (Å²) in [7, 11) is 0. The molecule has 0 spiro atoms. The fraction of sp³-hybridized carbons (Fsp3) is 0.158. The lowest BCUT2D eigenvalue weighted by Gasteiger charge is -2.02. The van der Waals surface area contributed by atoms with Crippen LogP contribution in [0.3, 0.4) is 0 Å². The zero-order valence-corrected chi connectivity index (χ0v) is 14.1. The molecule has 3 rings (SSSR count). The molecule has 1 aromatic carbocycles. The van der Waals surface area contributed by atoms with Crippen LogP contribution in [0, 0.1) is 0 Å². The molecule has 0 unspecified atom stereocenters. The summed E-state index contributed by atoms with van der Waals surface area (Å²) in [6.07, 6.45) is 11.7. The fourth-order valence-corrected chi connectivity index (χ4v) is 2.72. The van der Waals surface area contributed by atoms with Crippen LogP contribution in [0.15, 0.2) is 66.1 Å². The number of fused-ring (bicyclic) bond motifs is 1. The number of hydrogen-bond acceptors (Lipinski definition) is 2. The minimum Gasteiger partial charge on any atom is -0.346 e. The maximum atomic E-state index is 12.6. The van der Waals surface area contributed by atoms with Gasteiger partial charge in [0.1, 0.15) is 0 Å². The Morgan fingerprint density at radius 3 is 2.96 bits per heavy atom. The first-order valence-corrected chi connectivity index (χ1v) is 8.19. The lowest BCUT2D eigenvalue weighted by molar-refractivity contribution is 0.103. The van der Waals surface area contributed by atoms with Gasteiger partial charge in [-0.25, -0.2) is 4.98 Å². The van der Waals surface area contributed by atoms with E-state index in [0.29, 0.717) is 11.4 Å². The Morgan fingerprint density at radius 2 is 2.21 bits per heavy atom. The first-order chi connectivity index (χ1) is 11.7. The molecular weight excluding hydrogens is 322 g/mol. The number of aromatic amines is 1. The Labute approximate surface area is 145 Å². The lowest BCUT2D eigenvalue weighted by Crippen LogP contribution is -2.03. The molecule has 0 amide bonds. The van der Waals surface area contributed by atoms with Crippen molar-refractivity contribution >= 4 is 28.3 Å². The molecule has 3 aromatic rings. The van der Waals surface area contributed by atoms with Crippen molar-refractivity contribution in [2.24, 2.45) is 0 Å². The molecule has 0 atom stereocenters. The largest absolute Gasteiger partial charge is 0.346 e. The Morgan fingerprint density at radius 1 is 1.38 bits per heavy atom. The number of ketones is 1. The van der Waals surface area contributed by atoms with E-state index in [9.17, 15) is 4.79 Å². The van der Waals surface area contributed by atoms with E-state index in [0.717, 1.165) is 28.9 Å². The summed E-state index contributed by atoms with van der Waals surface area (Å²) in [6, 6.07) is 7.91. The van der Waals surface area contributed by atoms with Crippen molar-refractivity contribution in [3.8, 4) is 0 Å². The van der Waals surface area contributed by atoms with E-state index in [-0.39, 0.29) is 5.78 Å². The standard InChI is InChI=1S/C19H18ClN3O/c1-2-14(20)7-5-6-12-23-13-16(15-8-3-4-9-17(15)23)18(24)19-21-10-11-22-19/h2-5,7-11,13H,6,12H2,1H3,(H,21,22)/b7-5-,14-2+. The van der Waals surface area contributed by atoms with Gasteiger partial charge in [-0.1, -0.05) is 42.0 Å². The predicted octanol–water partition coefficient (Wildman–Crippen LogP) is 4.68. The molecule has 2 aromatic heterocycles. The lowest BCUT2D eigenvalue weighted by atomic mass is 10.1. The molecule has 0 aliphatic rings. The number of benzene rings is 1. The number of nitrogens with one attached hydrogen (secondary N) is 1. The number of imidazole rings is 1. The van der Waals surface area contributed by atoms with Crippen LogP contribution in [0.2, 0.25) is 0 Å². The van der Waals surface area contributed by atoms with Crippen LogP contribution in [0.1, 0.15) is 29.5 Å². The molecular formula is C19H18ClN3O. The maximum Gasteiger partial charge on any atom is 0.230 e. The summed E-state index contributed by atoms with van der Waals surface area (Å²) in [4.78, 5) is 19.6. The van der Waals surface area contributed by atoms with E-state index in [1.54, 1.807) is 12.4 Å². The third-order valence-electron chi connectivity index (χ3n) is 3.84. The predicted molar refractivity (Wildman–Crippen MR) is 97.3 cm³/mol. The highest BCUT2D eigenvalue weighted by Gasteiger charge is 2.17. The molecule has 0 fully saturated rings. The van der Waals surface area contributed by atoms with E-state index in [4.69, 9.17) is 11.6 Å². The monoisotopic (exact) mass is 339 g/mol. The van der Waals surface area contributed by atoms with Crippen LogP contribution in [-0.2, 0) is 6.54 Å². The van der Waals surface area contributed by atoms with Gasteiger partial charge in [-0.05, 0) is 25.5 Å². The van der Waals surface area contributed by atoms with Gasteiger partial charge in [0, 0.05) is 41.1 Å². The summed E-state index contributed by atoms with van der Waals surface area (Å²) < 4.78 is 2.10.